The standard InChI is InChI=1S/C75H104O/c1-31-32(2)42(12)66(43(13)33(31)3)71-57(27)75-73(70-47(17)39(9)38(8)46(16)69(70)71)72-53(23)50(20)63(56(26)74(72)76-75)60-29-58(61-48(18)51(21)64-40(10)34(4)36(6)44(14)67(64)54(61)24)28-59(30-60)62-49(19)52(22)65-41(11)35(5)37(7)45(15)68(65)55(62)25/h34,38-40,46-47,57-60,65,68-71,73,75H,28-30H2,1-27H3. The summed E-state index contributed by atoms with van der Waals surface area (Å²) >= 11 is 0. The fraction of sp³-hybridized carbons (Fsp3) is 0.627. The maximum absolute atomic E-state index is 7.96. The Morgan fingerprint density at radius 3 is 1.24 bits per heavy atom. The van der Waals surface area contributed by atoms with E-state index in [1.807, 2.05) is 0 Å². The zero-order valence-electron chi connectivity index (χ0n) is 53.3. The van der Waals surface area contributed by atoms with Gasteiger partial charge in [0.05, 0.1) is 0 Å². The summed E-state index contributed by atoms with van der Waals surface area (Å²) in [5.74, 6) is 9.66. The largest absolute Gasteiger partial charge is 0.489 e. The first-order valence-corrected chi connectivity index (χ1v) is 30.9. The van der Waals surface area contributed by atoms with Gasteiger partial charge in [0.1, 0.15) is 11.9 Å². The lowest BCUT2D eigenvalue weighted by Crippen LogP contribution is -2.55. The molecule has 3 saturated carbocycles. The Morgan fingerprint density at radius 1 is 0.303 bits per heavy atom. The summed E-state index contributed by atoms with van der Waals surface area (Å²) in [6, 6.07) is 0. The number of benzene rings is 3. The van der Waals surface area contributed by atoms with Crippen LogP contribution in [0.5, 0.6) is 5.75 Å². The summed E-state index contributed by atoms with van der Waals surface area (Å²) in [4.78, 5) is 0. The Morgan fingerprint density at radius 2 is 0.711 bits per heavy atom. The summed E-state index contributed by atoms with van der Waals surface area (Å²) in [5, 5.41) is 0. The van der Waals surface area contributed by atoms with Crippen LogP contribution in [-0.2, 0) is 0 Å². The maximum atomic E-state index is 7.96. The van der Waals surface area contributed by atoms with E-state index in [0.717, 1.165) is 0 Å². The van der Waals surface area contributed by atoms with Crippen LogP contribution in [0.1, 0.15) is 254 Å². The van der Waals surface area contributed by atoms with Crippen molar-refractivity contribution in [2.45, 2.75) is 242 Å². The first kappa shape index (κ1) is 55.5. The summed E-state index contributed by atoms with van der Waals surface area (Å²) in [7, 11) is 0. The van der Waals surface area contributed by atoms with Crippen LogP contribution in [0.15, 0.2) is 50.2 Å². The quantitative estimate of drug-likeness (QED) is 0.253. The molecule has 0 bridgehead atoms. The third-order valence-electron chi connectivity index (χ3n) is 26.3. The molecule has 410 valence electrons. The van der Waals surface area contributed by atoms with E-state index in [-0.39, 0.29) is 6.10 Å². The molecular formula is C75H104O. The molecule has 1 nitrogen and oxygen atoms in total. The molecule has 0 N–H and O–H groups in total. The van der Waals surface area contributed by atoms with E-state index in [4.69, 9.17) is 4.74 Å². The SMILES string of the molecule is CC1=C(C)C2C(C)=C(C)C(C3CC(c4c(C)c(C)c5c(c4C)OC4C(C)C(c6c(C)c(C)c(C)c(C)c6C)C6C(C)C(C)C(C)C(C)C6C54)CC(c4c(C)c(C)c5c(c4C)C(C)=C(C)C(C)C5C)C3)=C(C)C2C(C)=C1C. The van der Waals surface area contributed by atoms with Crippen molar-refractivity contribution in [1.29, 1.82) is 0 Å². The lowest BCUT2D eigenvalue weighted by Gasteiger charge is -2.59. The van der Waals surface area contributed by atoms with Gasteiger partial charge in [0.25, 0.3) is 0 Å². The van der Waals surface area contributed by atoms with Crippen molar-refractivity contribution in [3.63, 3.8) is 0 Å². The third-order valence-corrected chi connectivity index (χ3v) is 26.3. The molecule has 10 rings (SSSR count). The molecule has 3 fully saturated rings. The van der Waals surface area contributed by atoms with Crippen LogP contribution in [0.3, 0.4) is 0 Å². The van der Waals surface area contributed by atoms with Crippen LogP contribution >= 0.6 is 0 Å². The highest BCUT2D eigenvalue weighted by Crippen LogP contribution is 2.68. The van der Waals surface area contributed by atoms with Gasteiger partial charge in [-0.15, -0.1) is 0 Å². The molecule has 6 aliphatic carbocycles. The average Bonchev–Trinajstić information content (AvgIpc) is 3.91. The number of ether oxygens (including phenoxy) is 1. The molecule has 0 amide bonds. The maximum Gasteiger partial charge on any atom is 0.126 e. The van der Waals surface area contributed by atoms with E-state index < -0.39 is 0 Å². The highest BCUT2D eigenvalue weighted by Gasteiger charge is 2.61. The number of allylic oxidation sites excluding steroid dienone is 10. The Labute approximate surface area is 465 Å². The van der Waals surface area contributed by atoms with Crippen molar-refractivity contribution in [3.05, 3.63) is 145 Å². The van der Waals surface area contributed by atoms with Crippen LogP contribution in [0.4, 0.5) is 0 Å². The second kappa shape index (κ2) is 19.2. The fourth-order valence-corrected chi connectivity index (χ4v) is 20.4. The molecule has 3 aromatic carbocycles. The van der Waals surface area contributed by atoms with Gasteiger partial charge in [-0.3, -0.25) is 0 Å². The number of hydrogen-bond donors (Lipinski definition) is 0. The van der Waals surface area contributed by atoms with Gasteiger partial charge in [-0.05, 0) is 346 Å². The summed E-state index contributed by atoms with van der Waals surface area (Å²) in [6.07, 6.45) is 3.76. The van der Waals surface area contributed by atoms with Crippen molar-refractivity contribution in [2.75, 3.05) is 0 Å². The fourth-order valence-electron chi connectivity index (χ4n) is 20.4. The van der Waals surface area contributed by atoms with E-state index in [1.165, 1.54) is 64.0 Å². The first-order chi connectivity index (χ1) is 35.5. The van der Waals surface area contributed by atoms with Crippen molar-refractivity contribution < 1.29 is 4.74 Å². The minimum absolute atomic E-state index is 0.167. The number of fused-ring (bicyclic) bond motifs is 7. The van der Waals surface area contributed by atoms with Gasteiger partial charge in [0.2, 0.25) is 0 Å². The van der Waals surface area contributed by atoms with Crippen LogP contribution in [-0.4, -0.2) is 6.10 Å². The van der Waals surface area contributed by atoms with E-state index in [1.54, 1.807) is 111 Å². The smallest absolute Gasteiger partial charge is 0.126 e. The summed E-state index contributed by atoms with van der Waals surface area (Å²) in [5.41, 5.74) is 42.5. The lowest BCUT2D eigenvalue weighted by molar-refractivity contribution is -0.0859. The Hall–Kier alpha value is -3.84. The highest BCUT2D eigenvalue weighted by molar-refractivity contribution is 5.78. The summed E-state index contributed by atoms with van der Waals surface area (Å²) < 4.78 is 7.96. The van der Waals surface area contributed by atoms with Gasteiger partial charge in [-0.2, -0.15) is 0 Å². The van der Waals surface area contributed by atoms with Crippen LogP contribution in [0.25, 0.3) is 5.57 Å². The van der Waals surface area contributed by atoms with E-state index in [9.17, 15) is 0 Å². The normalized spacial score (nSPS) is 35.4. The molecule has 17 unspecified atom stereocenters. The van der Waals surface area contributed by atoms with Gasteiger partial charge in [0, 0.05) is 29.2 Å². The van der Waals surface area contributed by atoms with Crippen LogP contribution in [0.2, 0.25) is 0 Å². The van der Waals surface area contributed by atoms with E-state index in [2.05, 4.69) is 187 Å². The van der Waals surface area contributed by atoms with Gasteiger partial charge in [-0.1, -0.05) is 76.3 Å². The molecule has 1 heteroatoms. The van der Waals surface area contributed by atoms with Crippen molar-refractivity contribution in [2.24, 2.45) is 65.1 Å². The van der Waals surface area contributed by atoms with Crippen molar-refractivity contribution in [1.82, 2.24) is 0 Å². The van der Waals surface area contributed by atoms with E-state index in [0.29, 0.717) is 94.7 Å². The van der Waals surface area contributed by atoms with Crippen LogP contribution < -0.4 is 4.74 Å². The van der Waals surface area contributed by atoms with Crippen molar-refractivity contribution in [3.8, 4) is 5.75 Å². The minimum Gasteiger partial charge on any atom is -0.489 e. The Balaban J connectivity index is 1.16. The third kappa shape index (κ3) is 7.46. The molecule has 17 atom stereocenters. The van der Waals surface area contributed by atoms with Gasteiger partial charge in [-0.25, -0.2) is 0 Å². The lowest BCUT2D eigenvalue weighted by atomic mass is 9.45. The zero-order chi connectivity index (χ0) is 55.8. The molecule has 0 spiro atoms. The molecule has 1 aliphatic heterocycles. The molecular weight excluding hydrogens is 917 g/mol. The van der Waals surface area contributed by atoms with E-state index >= 15 is 0 Å². The van der Waals surface area contributed by atoms with Gasteiger partial charge < -0.3 is 4.74 Å². The molecule has 3 aromatic rings. The van der Waals surface area contributed by atoms with Gasteiger partial charge in [0.15, 0.2) is 0 Å². The number of hydrogen-bond acceptors (Lipinski definition) is 1. The second-order valence-electron chi connectivity index (χ2n) is 28.4. The molecule has 0 radical (unpaired) electrons. The molecule has 7 aliphatic rings. The Kier molecular flexibility index (Phi) is 14.0. The average molecular weight is 1020 g/mol. The molecule has 0 saturated heterocycles. The molecule has 76 heavy (non-hydrogen) atoms. The van der Waals surface area contributed by atoms with Crippen molar-refractivity contribution >= 4 is 5.57 Å². The highest BCUT2D eigenvalue weighted by atomic mass is 16.5. The monoisotopic (exact) mass is 1020 g/mol. The Bertz CT molecular complexity index is 3130. The topological polar surface area (TPSA) is 9.23 Å². The van der Waals surface area contributed by atoms with Gasteiger partial charge >= 0.3 is 0 Å². The molecule has 0 aromatic heterocycles. The minimum atomic E-state index is 0.167. The molecule has 1 heterocycles. The second-order valence-corrected chi connectivity index (χ2v) is 28.4. The van der Waals surface area contributed by atoms with Crippen LogP contribution in [0, 0.1) is 141 Å². The zero-order valence-corrected chi connectivity index (χ0v) is 53.3. The predicted octanol–water partition coefficient (Wildman–Crippen LogP) is 20.9. The predicted molar refractivity (Wildman–Crippen MR) is 328 cm³/mol. The number of rotatable bonds is 4. The first-order valence-electron chi connectivity index (χ1n) is 30.9. The summed E-state index contributed by atoms with van der Waals surface area (Å²) in [6.45, 7) is 67.5.